The maximum Gasteiger partial charge on any atom is 0.168 e. The maximum absolute atomic E-state index is 11.9. The number of hydrogen-bond donors (Lipinski definition) is 0. The molecule has 0 aliphatic carbocycles. The largest absolute Gasteiger partial charge is 0.493 e. The molecule has 0 fully saturated rings. The van der Waals surface area contributed by atoms with E-state index in [0.717, 1.165) is 53.9 Å². The van der Waals surface area contributed by atoms with E-state index in [1.165, 1.54) is 15.6 Å². The van der Waals surface area contributed by atoms with Crippen molar-refractivity contribution in [2.24, 2.45) is 7.05 Å². The normalized spacial score (nSPS) is 13.4. The first kappa shape index (κ1) is 16.3. The standard InChI is InChI=1S/C22H18N2O2S/c1-24-18(12-25)21(15-8-9-19-14(11-15)5-4-10-26-19)22(23-24)17-13-27-20-7-3-2-6-16(17)20/h2-3,6-9,11-13H,4-5,10H2,1H3. The molecule has 0 amide bonds. The number of ether oxygens (including phenoxy) is 1. The van der Waals surface area contributed by atoms with Crippen molar-refractivity contribution in [2.45, 2.75) is 12.8 Å². The predicted molar refractivity (Wildman–Crippen MR) is 109 cm³/mol. The summed E-state index contributed by atoms with van der Waals surface area (Å²) in [6.07, 6.45) is 2.92. The first-order chi connectivity index (χ1) is 13.3. The van der Waals surface area contributed by atoms with Gasteiger partial charge in [-0.2, -0.15) is 5.10 Å². The van der Waals surface area contributed by atoms with Crippen LogP contribution in [0.25, 0.3) is 32.5 Å². The fourth-order valence-electron chi connectivity index (χ4n) is 3.82. The van der Waals surface area contributed by atoms with E-state index >= 15 is 0 Å². The quantitative estimate of drug-likeness (QED) is 0.468. The smallest absolute Gasteiger partial charge is 0.168 e. The van der Waals surface area contributed by atoms with Gasteiger partial charge in [0.2, 0.25) is 0 Å². The van der Waals surface area contributed by atoms with Gasteiger partial charge >= 0.3 is 0 Å². The zero-order valence-corrected chi connectivity index (χ0v) is 15.8. The third-order valence-corrected chi connectivity index (χ3v) is 6.10. The highest BCUT2D eigenvalue weighted by molar-refractivity contribution is 7.17. The number of benzene rings is 2. The molecule has 0 bridgehead atoms. The summed E-state index contributed by atoms with van der Waals surface area (Å²) in [5.74, 6) is 0.948. The zero-order valence-electron chi connectivity index (χ0n) is 14.9. The summed E-state index contributed by atoms with van der Waals surface area (Å²) in [7, 11) is 1.83. The van der Waals surface area contributed by atoms with E-state index in [0.29, 0.717) is 5.69 Å². The van der Waals surface area contributed by atoms with Gasteiger partial charge in [0.1, 0.15) is 17.1 Å². The summed E-state index contributed by atoms with van der Waals surface area (Å²) in [6, 6.07) is 14.5. The molecular weight excluding hydrogens is 356 g/mol. The molecule has 3 heterocycles. The topological polar surface area (TPSA) is 44.1 Å². The summed E-state index contributed by atoms with van der Waals surface area (Å²) < 4.78 is 8.65. The van der Waals surface area contributed by atoms with Crippen LogP contribution in [-0.2, 0) is 13.5 Å². The lowest BCUT2D eigenvalue weighted by molar-refractivity contribution is 0.111. The number of rotatable bonds is 3. The van der Waals surface area contributed by atoms with Crippen LogP contribution in [0, 0.1) is 0 Å². The Morgan fingerprint density at radius 1 is 1.22 bits per heavy atom. The average Bonchev–Trinajstić information content (AvgIpc) is 3.28. The molecule has 27 heavy (non-hydrogen) atoms. The molecule has 5 heteroatoms. The van der Waals surface area contributed by atoms with Gasteiger partial charge in [-0.1, -0.05) is 24.3 Å². The second-order valence-corrected chi connectivity index (χ2v) is 7.68. The van der Waals surface area contributed by atoms with Crippen molar-refractivity contribution in [2.75, 3.05) is 6.61 Å². The number of aldehydes is 1. The molecule has 0 N–H and O–H groups in total. The van der Waals surface area contributed by atoms with Crippen LogP contribution in [-0.4, -0.2) is 22.7 Å². The maximum atomic E-state index is 11.9. The Labute approximate surface area is 161 Å². The Morgan fingerprint density at radius 2 is 2.11 bits per heavy atom. The minimum atomic E-state index is 0.594. The third-order valence-electron chi connectivity index (χ3n) is 5.14. The molecule has 0 saturated carbocycles. The Bertz CT molecular complexity index is 1170. The lowest BCUT2D eigenvalue weighted by atomic mass is 9.95. The Kier molecular flexibility index (Phi) is 3.83. The number of fused-ring (bicyclic) bond motifs is 2. The Morgan fingerprint density at radius 3 is 3.00 bits per heavy atom. The second-order valence-electron chi connectivity index (χ2n) is 6.77. The number of carbonyl (C=O) groups is 1. The molecule has 0 unspecified atom stereocenters. The molecule has 1 aliphatic rings. The van der Waals surface area contributed by atoms with Crippen molar-refractivity contribution >= 4 is 27.7 Å². The van der Waals surface area contributed by atoms with E-state index in [2.05, 4.69) is 23.6 Å². The molecule has 4 nitrogen and oxygen atoms in total. The van der Waals surface area contributed by atoms with E-state index in [4.69, 9.17) is 9.84 Å². The number of nitrogens with zero attached hydrogens (tertiary/aromatic N) is 2. The van der Waals surface area contributed by atoms with Gasteiger partial charge in [-0.05, 0) is 42.2 Å². The summed E-state index contributed by atoms with van der Waals surface area (Å²) in [6.45, 7) is 0.769. The van der Waals surface area contributed by atoms with Crippen LogP contribution in [0.4, 0.5) is 0 Å². The minimum absolute atomic E-state index is 0.594. The first-order valence-electron chi connectivity index (χ1n) is 9.01. The fourth-order valence-corrected chi connectivity index (χ4v) is 4.77. The van der Waals surface area contributed by atoms with Gasteiger partial charge in [0.25, 0.3) is 0 Å². The van der Waals surface area contributed by atoms with Crippen molar-refractivity contribution in [1.29, 1.82) is 0 Å². The van der Waals surface area contributed by atoms with Gasteiger partial charge in [0.15, 0.2) is 6.29 Å². The fraction of sp³-hybridized carbons (Fsp3) is 0.182. The lowest BCUT2D eigenvalue weighted by Gasteiger charge is -2.18. The van der Waals surface area contributed by atoms with Crippen LogP contribution in [0.1, 0.15) is 22.5 Å². The highest BCUT2D eigenvalue weighted by atomic mass is 32.1. The van der Waals surface area contributed by atoms with Crippen LogP contribution in [0.5, 0.6) is 5.75 Å². The van der Waals surface area contributed by atoms with E-state index in [1.807, 2.05) is 31.3 Å². The van der Waals surface area contributed by atoms with E-state index < -0.39 is 0 Å². The van der Waals surface area contributed by atoms with Crippen molar-refractivity contribution in [1.82, 2.24) is 9.78 Å². The lowest BCUT2D eigenvalue weighted by Crippen LogP contribution is -2.08. The summed E-state index contributed by atoms with van der Waals surface area (Å²) in [4.78, 5) is 11.9. The van der Waals surface area contributed by atoms with Crippen LogP contribution >= 0.6 is 11.3 Å². The van der Waals surface area contributed by atoms with Gasteiger partial charge in [0.05, 0.1) is 6.61 Å². The number of aryl methyl sites for hydroxylation is 2. The average molecular weight is 374 g/mol. The molecule has 1 aliphatic heterocycles. The van der Waals surface area contributed by atoms with E-state index in [1.54, 1.807) is 16.0 Å². The van der Waals surface area contributed by atoms with Gasteiger partial charge in [-0.3, -0.25) is 9.48 Å². The molecule has 2 aromatic heterocycles. The number of thiophene rings is 1. The Hall–Kier alpha value is -2.92. The Balaban J connectivity index is 1.76. The summed E-state index contributed by atoms with van der Waals surface area (Å²) in [5, 5.41) is 8.02. The van der Waals surface area contributed by atoms with Gasteiger partial charge in [-0.15, -0.1) is 11.3 Å². The van der Waals surface area contributed by atoms with Crippen molar-refractivity contribution in [3.8, 4) is 28.1 Å². The SMILES string of the molecule is Cn1nc(-c2csc3ccccc23)c(-c2ccc3c(c2)CCCO3)c1C=O. The molecule has 0 atom stereocenters. The molecule has 0 saturated heterocycles. The highest BCUT2D eigenvalue weighted by Gasteiger charge is 2.22. The first-order valence-corrected chi connectivity index (χ1v) is 9.89. The molecule has 0 radical (unpaired) electrons. The van der Waals surface area contributed by atoms with Crippen molar-refractivity contribution < 1.29 is 9.53 Å². The van der Waals surface area contributed by atoms with Crippen LogP contribution < -0.4 is 4.74 Å². The molecule has 2 aromatic carbocycles. The van der Waals surface area contributed by atoms with Gasteiger partial charge < -0.3 is 4.74 Å². The molecule has 5 rings (SSSR count). The van der Waals surface area contributed by atoms with E-state index in [9.17, 15) is 4.79 Å². The highest BCUT2D eigenvalue weighted by Crippen LogP contribution is 2.41. The molecule has 0 spiro atoms. The predicted octanol–water partition coefficient (Wildman–Crippen LogP) is 5.11. The number of hydrogen-bond acceptors (Lipinski definition) is 4. The zero-order chi connectivity index (χ0) is 18.4. The number of carbonyl (C=O) groups excluding carboxylic acids is 1. The second kappa shape index (κ2) is 6.35. The van der Waals surface area contributed by atoms with Gasteiger partial charge in [0, 0.05) is 33.6 Å². The molecule has 134 valence electrons. The van der Waals surface area contributed by atoms with Crippen molar-refractivity contribution in [3.05, 3.63) is 59.1 Å². The number of aromatic nitrogens is 2. The summed E-state index contributed by atoms with van der Waals surface area (Å²) >= 11 is 1.70. The van der Waals surface area contributed by atoms with Crippen LogP contribution in [0.3, 0.4) is 0 Å². The van der Waals surface area contributed by atoms with E-state index in [-0.39, 0.29) is 0 Å². The van der Waals surface area contributed by atoms with Crippen molar-refractivity contribution in [3.63, 3.8) is 0 Å². The minimum Gasteiger partial charge on any atom is -0.493 e. The monoisotopic (exact) mass is 374 g/mol. The molecular formula is C22H18N2O2S. The third kappa shape index (κ3) is 2.58. The summed E-state index contributed by atoms with van der Waals surface area (Å²) in [5.41, 5.74) is 5.62. The molecule has 4 aromatic rings. The van der Waals surface area contributed by atoms with Crippen LogP contribution in [0.2, 0.25) is 0 Å². The van der Waals surface area contributed by atoms with Gasteiger partial charge in [-0.25, -0.2) is 0 Å². The van der Waals surface area contributed by atoms with Crippen LogP contribution in [0.15, 0.2) is 47.8 Å².